The van der Waals surface area contributed by atoms with E-state index in [0.717, 1.165) is 60.6 Å². The monoisotopic (exact) mass is 434 g/mol. The van der Waals surface area contributed by atoms with Crippen molar-refractivity contribution in [1.82, 2.24) is 29.6 Å². The van der Waals surface area contributed by atoms with E-state index in [0.29, 0.717) is 12.8 Å². The van der Waals surface area contributed by atoms with Gasteiger partial charge in [-0.25, -0.2) is 19.6 Å². The van der Waals surface area contributed by atoms with E-state index < -0.39 is 0 Å². The summed E-state index contributed by atoms with van der Waals surface area (Å²) in [6.45, 7) is 7.08. The molecule has 1 aliphatic rings. The molecule has 1 amide bonds. The van der Waals surface area contributed by atoms with Gasteiger partial charge in [-0.2, -0.15) is 5.10 Å². The molecule has 9 nitrogen and oxygen atoms in total. The average Bonchev–Trinajstić information content (AvgIpc) is 3.11. The second-order valence-corrected chi connectivity index (χ2v) is 8.25. The van der Waals surface area contributed by atoms with Crippen molar-refractivity contribution in [2.24, 2.45) is 0 Å². The summed E-state index contributed by atoms with van der Waals surface area (Å²) in [7, 11) is 3.89. The molecule has 4 heterocycles. The maximum Gasteiger partial charge on any atom is 0.223 e. The second-order valence-electron chi connectivity index (χ2n) is 8.25. The number of aromatic nitrogens is 5. The van der Waals surface area contributed by atoms with Crippen LogP contribution in [-0.2, 0) is 11.2 Å². The number of nitrogens with zero attached hydrogens (tertiary/aromatic N) is 8. The fourth-order valence-corrected chi connectivity index (χ4v) is 4.07. The smallest absolute Gasteiger partial charge is 0.223 e. The molecular formula is C23H30N8O. The topological polar surface area (TPSA) is 83.3 Å². The SMILES string of the molecule is Cc1nn(-c2cc(N(C)C)ncn2)c(C)c1CCC(=O)N1CCN(c2ccccn2)CC1. The predicted octanol–water partition coefficient (Wildman–Crippen LogP) is 2.02. The van der Waals surface area contributed by atoms with Gasteiger partial charge in [0.15, 0.2) is 5.82 Å². The largest absolute Gasteiger partial charge is 0.363 e. The zero-order valence-corrected chi connectivity index (χ0v) is 19.2. The first kappa shape index (κ1) is 21.7. The second kappa shape index (κ2) is 9.33. The van der Waals surface area contributed by atoms with Gasteiger partial charge in [0.1, 0.15) is 18.0 Å². The molecule has 0 spiro atoms. The Balaban J connectivity index is 1.38. The number of carbonyl (C=O) groups excluding carboxylic acids is 1. The normalized spacial score (nSPS) is 14.0. The predicted molar refractivity (Wildman–Crippen MR) is 124 cm³/mol. The number of anilines is 2. The minimum atomic E-state index is 0.189. The van der Waals surface area contributed by atoms with Gasteiger partial charge in [0.2, 0.25) is 5.91 Å². The third kappa shape index (κ3) is 4.56. The summed E-state index contributed by atoms with van der Waals surface area (Å²) < 4.78 is 1.84. The summed E-state index contributed by atoms with van der Waals surface area (Å²) >= 11 is 0. The molecule has 32 heavy (non-hydrogen) atoms. The van der Waals surface area contributed by atoms with Gasteiger partial charge >= 0.3 is 0 Å². The number of rotatable bonds is 6. The van der Waals surface area contributed by atoms with Crippen LogP contribution < -0.4 is 9.80 Å². The first-order valence-corrected chi connectivity index (χ1v) is 10.9. The highest BCUT2D eigenvalue weighted by Crippen LogP contribution is 2.21. The van der Waals surface area contributed by atoms with Crippen LogP contribution >= 0.6 is 0 Å². The van der Waals surface area contributed by atoms with Crippen molar-refractivity contribution in [3.63, 3.8) is 0 Å². The Labute approximate surface area is 188 Å². The molecule has 0 bridgehead atoms. The molecule has 168 valence electrons. The maximum absolute atomic E-state index is 12.9. The van der Waals surface area contributed by atoms with Gasteiger partial charge in [-0.3, -0.25) is 4.79 Å². The lowest BCUT2D eigenvalue weighted by Gasteiger charge is -2.35. The zero-order valence-electron chi connectivity index (χ0n) is 19.2. The summed E-state index contributed by atoms with van der Waals surface area (Å²) in [6.07, 6.45) is 4.50. The maximum atomic E-state index is 12.9. The Morgan fingerprint density at radius 1 is 1.03 bits per heavy atom. The van der Waals surface area contributed by atoms with Gasteiger partial charge in [-0.1, -0.05) is 6.07 Å². The molecule has 0 unspecified atom stereocenters. The van der Waals surface area contributed by atoms with Crippen molar-refractivity contribution in [1.29, 1.82) is 0 Å². The molecule has 3 aromatic heterocycles. The van der Waals surface area contributed by atoms with E-state index in [1.807, 2.05) is 66.7 Å². The fourth-order valence-electron chi connectivity index (χ4n) is 4.07. The van der Waals surface area contributed by atoms with Crippen molar-refractivity contribution >= 4 is 17.5 Å². The minimum absolute atomic E-state index is 0.189. The Kier molecular flexibility index (Phi) is 6.34. The highest BCUT2D eigenvalue weighted by atomic mass is 16.2. The Morgan fingerprint density at radius 3 is 2.50 bits per heavy atom. The van der Waals surface area contributed by atoms with E-state index in [9.17, 15) is 4.79 Å². The van der Waals surface area contributed by atoms with Crippen LogP contribution in [0.15, 0.2) is 36.8 Å². The van der Waals surface area contributed by atoms with E-state index in [-0.39, 0.29) is 5.91 Å². The van der Waals surface area contributed by atoms with Gasteiger partial charge in [-0.15, -0.1) is 0 Å². The quantitative estimate of drug-likeness (QED) is 0.587. The number of amides is 1. The van der Waals surface area contributed by atoms with Crippen LogP contribution in [0.4, 0.5) is 11.6 Å². The number of piperazine rings is 1. The van der Waals surface area contributed by atoms with Crippen molar-refractivity contribution in [2.75, 3.05) is 50.1 Å². The van der Waals surface area contributed by atoms with E-state index >= 15 is 0 Å². The Hall–Kier alpha value is -3.49. The standard InChI is InChI=1S/C23H30N8O/c1-17-19(18(2)31(27-17)22-15-21(28(3)4)25-16-26-22)8-9-23(32)30-13-11-29(12-14-30)20-7-5-6-10-24-20/h5-7,10,15-16H,8-9,11-14H2,1-4H3. The zero-order chi connectivity index (χ0) is 22.7. The van der Waals surface area contributed by atoms with Crippen LogP contribution in [0.25, 0.3) is 5.82 Å². The number of hydrogen-bond donors (Lipinski definition) is 0. The molecule has 0 aliphatic carbocycles. The molecule has 4 rings (SSSR count). The molecule has 0 saturated carbocycles. The van der Waals surface area contributed by atoms with Crippen molar-refractivity contribution in [2.45, 2.75) is 26.7 Å². The first-order valence-electron chi connectivity index (χ1n) is 10.9. The molecule has 1 saturated heterocycles. The van der Waals surface area contributed by atoms with Crippen molar-refractivity contribution < 1.29 is 4.79 Å². The Morgan fingerprint density at radius 2 is 1.81 bits per heavy atom. The summed E-state index contributed by atoms with van der Waals surface area (Å²) in [5, 5.41) is 4.68. The highest BCUT2D eigenvalue weighted by molar-refractivity contribution is 5.77. The molecule has 1 aliphatic heterocycles. The number of hydrogen-bond acceptors (Lipinski definition) is 7. The molecule has 0 N–H and O–H groups in total. The molecule has 0 atom stereocenters. The summed E-state index contributed by atoms with van der Waals surface area (Å²) in [5.41, 5.74) is 3.05. The molecule has 0 aromatic carbocycles. The molecule has 1 fully saturated rings. The van der Waals surface area contributed by atoms with Gasteiger partial charge < -0.3 is 14.7 Å². The van der Waals surface area contributed by atoms with E-state index in [1.54, 1.807) is 12.5 Å². The Bertz CT molecular complexity index is 1070. The van der Waals surface area contributed by atoms with Gasteiger partial charge in [0.25, 0.3) is 0 Å². The summed E-state index contributed by atoms with van der Waals surface area (Å²) in [4.78, 5) is 32.1. The van der Waals surface area contributed by atoms with Crippen LogP contribution in [-0.4, -0.2) is 75.8 Å². The van der Waals surface area contributed by atoms with E-state index in [2.05, 4.69) is 25.0 Å². The van der Waals surface area contributed by atoms with Crippen molar-refractivity contribution in [3.8, 4) is 5.82 Å². The summed E-state index contributed by atoms with van der Waals surface area (Å²) in [6, 6.07) is 7.84. The number of pyridine rings is 1. The lowest BCUT2D eigenvalue weighted by molar-refractivity contribution is -0.131. The van der Waals surface area contributed by atoms with Gasteiger partial charge in [-0.05, 0) is 38.0 Å². The number of aryl methyl sites for hydroxylation is 1. The minimum Gasteiger partial charge on any atom is -0.363 e. The highest BCUT2D eigenvalue weighted by Gasteiger charge is 2.23. The molecular weight excluding hydrogens is 404 g/mol. The van der Waals surface area contributed by atoms with E-state index in [4.69, 9.17) is 0 Å². The molecule has 9 heteroatoms. The van der Waals surface area contributed by atoms with Crippen LogP contribution in [0.3, 0.4) is 0 Å². The fraction of sp³-hybridized carbons (Fsp3) is 0.435. The van der Waals surface area contributed by atoms with Crippen LogP contribution in [0.1, 0.15) is 23.4 Å². The van der Waals surface area contributed by atoms with E-state index in [1.165, 1.54) is 0 Å². The van der Waals surface area contributed by atoms with Crippen LogP contribution in [0.2, 0.25) is 0 Å². The third-order valence-corrected chi connectivity index (χ3v) is 5.95. The third-order valence-electron chi connectivity index (χ3n) is 5.95. The van der Waals surface area contributed by atoms with Crippen molar-refractivity contribution in [3.05, 3.63) is 53.7 Å². The average molecular weight is 435 g/mol. The number of carbonyl (C=O) groups is 1. The lowest BCUT2D eigenvalue weighted by Crippen LogP contribution is -2.49. The van der Waals surface area contributed by atoms with Gasteiger partial charge in [0.05, 0.1) is 5.69 Å². The first-order chi connectivity index (χ1) is 15.4. The van der Waals surface area contributed by atoms with Crippen LogP contribution in [0.5, 0.6) is 0 Å². The molecule has 0 radical (unpaired) electrons. The lowest BCUT2D eigenvalue weighted by atomic mass is 10.1. The van der Waals surface area contributed by atoms with Gasteiger partial charge in [0, 0.05) is 64.7 Å². The molecule has 3 aromatic rings. The summed E-state index contributed by atoms with van der Waals surface area (Å²) in [5.74, 6) is 2.71. The van der Waals surface area contributed by atoms with Crippen LogP contribution in [0, 0.1) is 13.8 Å².